The predicted molar refractivity (Wildman–Crippen MR) is 84.1 cm³/mol. The van der Waals surface area contributed by atoms with E-state index in [2.05, 4.69) is 10.2 Å². The summed E-state index contributed by atoms with van der Waals surface area (Å²) in [5, 5.41) is 13.1. The van der Waals surface area contributed by atoms with Gasteiger partial charge in [-0.05, 0) is 24.6 Å². The molecule has 1 heterocycles. The van der Waals surface area contributed by atoms with Crippen molar-refractivity contribution in [2.24, 2.45) is 0 Å². The number of benzene rings is 1. The summed E-state index contributed by atoms with van der Waals surface area (Å²) >= 11 is 6.08. The molecule has 7 heteroatoms. The predicted octanol–water partition coefficient (Wildman–Crippen LogP) is 2.24. The summed E-state index contributed by atoms with van der Waals surface area (Å²) in [7, 11) is 0. The molecule has 1 aliphatic rings. The molecule has 0 radical (unpaired) electrons. The van der Waals surface area contributed by atoms with Crippen molar-refractivity contribution in [2.45, 2.75) is 13.0 Å². The van der Waals surface area contributed by atoms with Crippen LogP contribution in [0.5, 0.6) is 5.75 Å². The summed E-state index contributed by atoms with van der Waals surface area (Å²) in [6.45, 7) is 5.44. The standard InChI is InChI=1S/C14H20ClFN2O2.ClH/c1-2-20-14-11(15)7-10(8-12(14)16)13(9-19)18-5-3-17-4-6-18;/h7-8,13,17,19H,2-6,9H2,1H3;1H/t13-;/m0./s1. The van der Waals surface area contributed by atoms with E-state index in [4.69, 9.17) is 16.3 Å². The fraction of sp³-hybridized carbons (Fsp3) is 0.571. The highest BCUT2D eigenvalue weighted by molar-refractivity contribution is 6.32. The van der Waals surface area contributed by atoms with Crippen molar-refractivity contribution in [3.8, 4) is 5.75 Å². The van der Waals surface area contributed by atoms with E-state index in [0.717, 1.165) is 26.2 Å². The fourth-order valence-corrected chi connectivity index (χ4v) is 2.75. The summed E-state index contributed by atoms with van der Waals surface area (Å²) in [6, 6.07) is 2.85. The van der Waals surface area contributed by atoms with Crippen LogP contribution in [0.2, 0.25) is 5.02 Å². The number of hydrogen-bond donors (Lipinski definition) is 2. The summed E-state index contributed by atoms with van der Waals surface area (Å²) in [4.78, 5) is 2.13. The van der Waals surface area contributed by atoms with Crippen LogP contribution in [0.15, 0.2) is 12.1 Å². The Hall–Kier alpha value is -0.590. The molecule has 1 fully saturated rings. The largest absolute Gasteiger partial charge is 0.489 e. The molecule has 0 amide bonds. The van der Waals surface area contributed by atoms with Gasteiger partial charge < -0.3 is 15.2 Å². The maximum absolute atomic E-state index is 14.0. The van der Waals surface area contributed by atoms with E-state index in [1.807, 2.05) is 0 Å². The van der Waals surface area contributed by atoms with E-state index < -0.39 is 5.82 Å². The number of nitrogens with one attached hydrogen (secondary N) is 1. The van der Waals surface area contributed by atoms with Crippen molar-refractivity contribution < 1.29 is 14.2 Å². The van der Waals surface area contributed by atoms with Gasteiger partial charge in [0.2, 0.25) is 0 Å². The van der Waals surface area contributed by atoms with Crippen molar-refractivity contribution in [1.29, 1.82) is 0 Å². The fourth-order valence-electron chi connectivity index (χ4n) is 2.48. The van der Waals surface area contributed by atoms with Gasteiger partial charge in [0.05, 0.1) is 24.3 Å². The quantitative estimate of drug-likeness (QED) is 0.864. The number of aliphatic hydroxyl groups is 1. The highest BCUT2D eigenvalue weighted by Crippen LogP contribution is 2.33. The molecule has 2 rings (SSSR count). The lowest BCUT2D eigenvalue weighted by atomic mass is 10.0. The zero-order valence-corrected chi connectivity index (χ0v) is 13.5. The second-order valence-electron chi connectivity index (χ2n) is 4.73. The lowest BCUT2D eigenvalue weighted by Gasteiger charge is -2.34. The van der Waals surface area contributed by atoms with Crippen molar-refractivity contribution >= 4 is 24.0 Å². The Bertz CT molecular complexity index is 434. The summed E-state index contributed by atoms with van der Waals surface area (Å²) < 4.78 is 19.2. The molecule has 0 aliphatic carbocycles. The number of nitrogens with zero attached hydrogens (tertiary/aromatic N) is 1. The molecular formula is C14H21Cl2FN2O2. The second-order valence-corrected chi connectivity index (χ2v) is 5.14. The van der Waals surface area contributed by atoms with Gasteiger partial charge in [0.1, 0.15) is 0 Å². The van der Waals surface area contributed by atoms with Crippen LogP contribution in [-0.4, -0.2) is 49.4 Å². The molecule has 1 aliphatic heterocycles. The number of halogens is 3. The topological polar surface area (TPSA) is 44.7 Å². The van der Waals surface area contributed by atoms with E-state index >= 15 is 0 Å². The monoisotopic (exact) mass is 338 g/mol. The highest BCUT2D eigenvalue weighted by atomic mass is 35.5. The third-order valence-corrected chi connectivity index (χ3v) is 3.74. The molecule has 0 aromatic heterocycles. The van der Waals surface area contributed by atoms with Gasteiger partial charge in [0, 0.05) is 26.2 Å². The average molecular weight is 339 g/mol. The van der Waals surface area contributed by atoms with Gasteiger partial charge >= 0.3 is 0 Å². The molecule has 0 saturated carbocycles. The van der Waals surface area contributed by atoms with E-state index in [0.29, 0.717) is 12.2 Å². The van der Waals surface area contributed by atoms with Gasteiger partial charge in [0.25, 0.3) is 0 Å². The SMILES string of the molecule is CCOc1c(F)cc([C@H](CO)N2CCNCC2)cc1Cl.Cl. The molecule has 0 bridgehead atoms. The van der Waals surface area contributed by atoms with E-state index in [1.165, 1.54) is 6.07 Å². The van der Waals surface area contributed by atoms with Crippen LogP contribution in [0.3, 0.4) is 0 Å². The minimum absolute atomic E-state index is 0. The maximum atomic E-state index is 14.0. The summed E-state index contributed by atoms with van der Waals surface area (Å²) in [6.07, 6.45) is 0. The molecule has 1 saturated heterocycles. The number of ether oxygens (including phenoxy) is 1. The molecule has 1 aromatic rings. The van der Waals surface area contributed by atoms with Gasteiger partial charge in [0.15, 0.2) is 11.6 Å². The van der Waals surface area contributed by atoms with E-state index in [-0.39, 0.29) is 35.8 Å². The average Bonchev–Trinajstić information content (AvgIpc) is 2.45. The Balaban J connectivity index is 0.00000220. The van der Waals surface area contributed by atoms with Crippen LogP contribution in [0.25, 0.3) is 0 Å². The Morgan fingerprint density at radius 1 is 1.43 bits per heavy atom. The molecule has 2 N–H and O–H groups in total. The molecule has 1 aromatic carbocycles. The summed E-state index contributed by atoms with van der Waals surface area (Å²) in [5.74, 6) is -0.405. The van der Waals surface area contributed by atoms with Gasteiger partial charge in [-0.1, -0.05) is 11.6 Å². The zero-order valence-electron chi connectivity index (χ0n) is 11.9. The molecule has 0 unspecified atom stereocenters. The van der Waals surface area contributed by atoms with Crippen LogP contribution in [0.4, 0.5) is 4.39 Å². The van der Waals surface area contributed by atoms with Crippen LogP contribution in [0.1, 0.15) is 18.5 Å². The Morgan fingerprint density at radius 3 is 2.62 bits per heavy atom. The lowest BCUT2D eigenvalue weighted by molar-refractivity contribution is 0.110. The molecular weight excluding hydrogens is 318 g/mol. The highest BCUT2D eigenvalue weighted by Gasteiger charge is 2.23. The van der Waals surface area contributed by atoms with E-state index in [9.17, 15) is 9.50 Å². The maximum Gasteiger partial charge on any atom is 0.173 e. The summed E-state index contributed by atoms with van der Waals surface area (Å²) in [5.41, 5.74) is 0.681. The number of aliphatic hydroxyl groups excluding tert-OH is 1. The lowest BCUT2D eigenvalue weighted by Crippen LogP contribution is -2.46. The smallest absolute Gasteiger partial charge is 0.173 e. The van der Waals surface area contributed by atoms with Crippen molar-refractivity contribution in [2.75, 3.05) is 39.4 Å². The second kappa shape index (κ2) is 8.76. The van der Waals surface area contributed by atoms with Crippen molar-refractivity contribution in [3.63, 3.8) is 0 Å². The van der Waals surface area contributed by atoms with Crippen LogP contribution < -0.4 is 10.1 Å². The van der Waals surface area contributed by atoms with Crippen LogP contribution in [-0.2, 0) is 0 Å². The molecule has 120 valence electrons. The zero-order chi connectivity index (χ0) is 14.5. The Kier molecular flexibility index (Phi) is 7.70. The third-order valence-electron chi connectivity index (χ3n) is 3.46. The van der Waals surface area contributed by atoms with Crippen molar-refractivity contribution in [3.05, 3.63) is 28.5 Å². The third kappa shape index (κ3) is 4.44. The van der Waals surface area contributed by atoms with Gasteiger partial charge in [-0.2, -0.15) is 0 Å². The van der Waals surface area contributed by atoms with Crippen LogP contribution in [0, 0.1) is 5.82 Å². The molecule has 4 nitrogen and oxygen atoms in total. The Labute approximate surface area is 135 Å². The first kappa shape index (κ1) is 18.5. The van der Waals surface area contributed by atoms with Gasteiger partial charge in [-0.25, -0.2) is 4.39 Å². The van der Waals surface area contributed by atoms with E-state index in [1.54, 1.807) is 13.0 Å². The normalized spacial score (nSPS) is 17.1. The first-order valence-corrected chi connectivity index (χ1v) is 7.22. The van der Waals surface area contributed by atoms with Gasteiger partial charge in [-0.3, -0.25) is 4.90 Å². The Morgan fingerprint density at radius 2 is 2.10 bits per heavy atom. The van der Waals surface area contributed by atoms with Crippen LogP contribution >= 0.6 is 24.0 Å². The molecule has 0 spiro atoms. The van der Waals surface area contributed by atoms with Crippen molar-refractivity contribution in [1.82, 2.24) is 10.2 Å². The minimum Gasteiger partial charge on any atom is -0.489 e. The first-order valence-electron chi connectivity index (χ1n) is 6.84. The minimum atomic E-state index is -0.483. The van der Waals surface area contributed by atoms with Gasteiger partial charge in [-0.15, -0.1) is 12.4 Å². The first-order chi connectivity index (χ1) is 9.67. The number of piperazine rings is 1. The number of rotatable bonds is 5. The molecule has 21 heavy (non-hydrogen) atoms. The number of hydrogen-bond acceptors (Lipinski definition) is 4. The molecule has 1 atom stereocenters.